The van der Waals surface area contributed by atoms with E-state index in [1.165, 1.54) is 32.0 Å². The van der Waals surface area contributed by atoms with E-state index in [0.717, 1.165) is 5.92 Å². The third-order valence-corrected chi connectivity index (χ3v) is 2.29. The summed E-state index contributed by atoms with van der Waals surface area (Å²) in [6.45, 7) is 9.65. The molecule has 0 aliphatic carbocycles. The molecule has 0 spiro atoms. The first-order valence-electron chi connectivity index (χ1n) is 5.14. The third-order valence-electron chi connectivity index (χ3n) is 2.29. The Balaban J connectivity index is 0.000000241. The van der Waals surface area contributed by atoms with Crippen molar-refractivity contribution in [3.05, 3.63) is 12.7 Å². The lowest BCUT2D eigenvalue weighted by molar-refractivity contribution is -0.139. The van der Waals surface area contributed by atoms with Crippen molar-refractivity contribution in [3.8, 4) is 0 Å². The molecule has 0 aromatic rings. The maximum absolute atomic E-state index is 9.86. The molecule has 1 fully saturated rings. The minimum absolute atomic E-state index is 0.417. The molecule has 0 bridgehead atoms. The van der Waals surface area contributed by atoms with E-state index in [-0.39, 0.29) is 0 Å². The Kier molecular flexibility index (Phi) is 7.11. The molecule has 82 valence electrons. The van der Waals surface area contributed by atoms with Crippen molar-refractivity contribution in [3.63, 3.8) is 0 Å². The van der Waals surface area contributed by atoms with Crippen molar-refractivity contribution in [2.75, 3.05) is 13.1 Å². The van der Waals surface area contributed by atoms with E-state index in [1.54, 1.807) is 6.92 Å². The predicted molar refractivity (Wildman–Crippen MR) is 58.3 cm³/mol. The van der Waals surface area contributed by atoms with Crippen LogP contribution in [0.15, 0.2) is 12.7 Å². The van der Waals surface area contributed by atoms with E-state index >= 15 is 0 Å². The van der Waals surface area contributed by atoms with Crippen molar-refractivity contribution in [1.29, 1.82) is 0 Å². The molecule has 1 aliphatic heterocycles. The molecule has 2 N–H and O–H groups in total. The van der Waals surface area contributed by atoms with Gasteiger partial charge in [0.25, 0.3) is 0 Å². The molecule has 14 heavy (non-hydrogen) atoms. The fraction of sp³-hybridized carbons (Fsp3) is 0.727. The van der Waals surface area contributed by atoms with Gasteiger partial charge < -0.3 is 10.4 Å². The first-order valence-corrected chi connectivity index (χ1v) is 5.14. The van der Waals surface area contributed by atoms with Crippen LogP contribution >= 0.6 is 0 Å². The van der Waals surface area contributed by atoms with Gasteiger partial charge in [-0.25, -0.2) is 0 Å². The Morgan fingerprint density at radius 2 is 2.36 bits per heavy atom. The van der Waals surface area contributed by atoms with Gasteiger partial charge in [-0.2, -0.15) is 0 Å². The summed E-state index contributed by atoms with van der Waals surface area (Å²) in [6, 6.07) is 0. The summed E-state index contributed by atoms with van der Waals surface area (Å²) in [5, 5.41) is 11.4. The molecule has 0 radical (unpaired) electrons. The van der Waals surface area contributed by atoms with Gasteiger partial charge in [0.2, 0.25) is 0 Å². The second-order valence-electron chi connectivity index (χ2n) is 3.81. The molecule has 1 heterocycles. The molecule has 3 heteroatoms. The molecule has 3 nitrogen and oxygen atoms in total. The molecule has 1 saturated heterocycles. The van der Waals surface area contributed by atoms with Gasteiger partial charge in [0, 0.05) is 0 Å². The maximum atomic E-state index is 9.86. The van der Waals surface area contributed by atoms with Crippen LogP contribution in [0.25, 0.3) is 0 Å². The largest absolute Gasteiger partial charge is 0.481 e. The summed E-state index contributed by atoms with van der Waals surface area (Å²) >= 11 is 0. The van der Waals surface area contributed by atoms with Crippen molar-refractivity contribution in [2.24, 2.45) is 11.8 Å². The summed E-state index contributed by atoms with van der Waals surface area (Å²) in [6.07, 6.45) is 4.19. The van der Waals surface area contributed by atoms with Crippen LogP contribution in [0.1, 0.15) is 26.7 Å². The van der Waals surface area contributed by atoms with Gasteiger partial charge in [0.15, 0.2) is 0 Å². The van der Waals surface area contributed by atoms with E-state index in [4.69, 9.17) is 5.11 Å². The second-order valence-corrected chi connectivity index (χ2v) is 3.81. The lowest BCUT2D eigenvalue weighted by atomic mass is 10.0. The zero-order chi connectivity index (χ0) is 11.0. The number of hydrogen-bond donors (Lipinski definition) is 2. The van der Waals surface area contributed by atoms with Gasteiger partial charge in [0.1, 0.15) is 0 Å². The monoisotopic (exact) mass is 199 g/mol. The molecule has 1 aliphatic rings. The van der Waals surface area contributed by atoms with Gasteiger partial charge in [-0.3, -0.25) is 4.79 Å². The molecule has 0 aromatic carbocycles. The number of rotatable bonds is 2. The zero-order valence-corrected chi connectivity index (χ0v) is 9.12. The smallest absolute Gasteiger partial charge is 0.310 e. The average Bonchev–Trinajstić information content (AvgIpc) is 2.18. The van der Waals surface area contributed by atoms with E-state index < -0.39 is 11.9 Å². The van der Waals surface area contributed by atoms with Crippen molar-refractivity contribution >= 4 is 5.97 Å². The molecular weight excluding hydrogens is 178 g/mol. The predicted octanol–water partition coefficient (Wildman–Crippen LogP) is 1.90. The number of carboxylic acid groups (broad SMARTS) is 1. The van der Waals surface area contributed by atoms with Crippen LogP contribution in [0, 0.1) is 11.8 Å². The van der Waals surface area contributed by atoms with Crippen LogP contribution in [0.3, 0.4) is 0 Å². The van der Waals surface area contributed by atoms with E-state index in [1.807, 2.05) is 0 Å². The minimum atomic E-state index is -0.824. The fourth-order valence-electron chi connectivity index (χ4n) is 1.13. The van der Waals surface area contributed by atoms with Crippen LogP contribution in [0.2, 0.25) is 0 Å². The summed E-state index contributed by atoms with van der Waals surface area (Å²) < 4.78 is 0. The van der Waals surface area contributed by atoms with Crippen LogP contribution in [0.4, 0.5) is 0 Å². The summed E-state index contributed by atoms with van der Waals surface area (Å²) in [5.74, 6) is -0.316. The van der Waals surface area contributed by atoms with Crippen molar-refractivity contribution < 1.29 is 9.90 Å². The van der Waals surface area contributed by atoms with Crippen molar-refractivity contribution in [1.82, 2.24) is 5.32 Å². The molecule has 0 aromatic heterocycles. The van der Waals surface area contributed by atoms with Crippen LogP contribution in [-0.2, 0) is 4.79 Å². The number of nitrogens with one attached hydrogen (secondary N) is 1. The van der Waals surface area contributed by atoms with Crippen LogP contribution in [-0.4, -0.2) is 24.2 Å². The number of aliphatic carboxylic acids is 1. The Bertz CT molecular complexity index is 174. The highest BCUT2D eigenvalue weighted by Gasteiger charge is 2.05. The Hall–Kier alpha value is -0.830. The molecule has 2 atom stereocenters. The number of hydrogen-bond acceptors (Lipinski definition) is 2. The van der Waals surface area contributed by atoms with Crippen LogP contribution < -0.4 is 5.32 Å². The highest BCUT2D eigenvalue weighted by molar-refractivity contribution is 5.71. The van der Waals surface area contributed by atoms with Gasteiger partial charge in [0.05, 0.1) is 5.92 Å². The number of piperidine rings is 1. The van der Waals surface area contributed by atoms with E-state index in [0.29, 0.717) is 0 Å². The third kappa shape index (κ3) is 6.66. The Morgan fingerprint density at radius 1 is 1.71 bits per heavy atom. The van der Waals surface area contributed by atoms with Crippen LogP contribution in [0.5, 0.6) is 0 Å². The molecule has 0 amide bonds. The lowest BCUT2D eigenvalue weighted by Crippen LogP contribution is -2.27. The fourth-order valence-corrected chi connectivity index (χ4v) is 1.13. The Morgan fingerprint density at radius 3 is 2.50 bits per heavy atom. The average molecular weight is 199 g/mol. The van der Waals surface area contributed by atoms with Gasteiger partial charge in [-0.15, -0.1) is 6.58 Å². The first kappa shape index (κ1) is 13.2. The topological polar surface area (TPSA) is 49.3 Å². The van der Waals surface area contributed by atoms with Crippen molar-refractivity contribution in [2.45, 2.75) is 26.7 Å². The maximum Gasteiger partial charge on any atom is 0.310 e. The normalized spacial score (nSPS) is 22.9. The van der Waals surface area contributed by atoms with Gasteiger partial charge in [-0.1, -0.05) is 13.0 Å². The standard InChI is InChI=1S/C6H13N.C5H8O2/c1-6-3-2-4-7-5-6;1-3-4(2)5(6)7/h6-7H,2-5H2,1H3;3-4H,1H2,2H3,(H,6,7). The molecule has 1 rings (SSSR count). The van der Waals surface area contributed by atoms with E-state index in [9.17, 15) is 4.79 Å². The molecule has 0 saturated carbocycles. The quantitative estimate of drug-likeness (QED) is 0.668. The van der Waals surface area contributed by atoms with Gasteiger partial charge >= 0.3 is 5.97 Å². The number of carboxylic acids is 1. The summed E-state index contributed by atoms with van der Waals surface area (Å²) in [7, 11) is 0. The SMILES string of the molecule is C=CC(C)C(=O)O.CC1CCCNC1. The molecular formula is C11H21NO2. The van der Waals surface area contributed by atoms with E-state index in [2.05, 4.69) is 18.8 Å². The number of carbonyl (C=O) groups is 1. The van der Waals surface area contributed by atoms with Gasteiger partial charge in [-0.05, 0) is 38.8 Å². The second kappa shape index (κ2) is 7.56. The first-order chi connectivity index (χ1) is 6.57. The zero-order valence-electron chi connectivity index (χ0n) is 9.12. The highest BCUT2D eigenvalue weighted by Crippen LogP contribution is 2.06. The minimum Gasteiger partial charge on any atom is -0.481 e. The Labute approximate surface area is 86.2 Å². The lowest BCUT2D eigenvalue weighted by Gasteiger charge is -2.17. The summed E-state index contributed by atoms with van der Waals surface area (Å²) in [4.78, 5) is 9.86. The molecule has 2 unspecified atom stereocenters. The highest BCUT2D eigenvalue weighted by atomic mass is 16.4. The summed E-state index contributed by atoms with van der Waals surface area (Å²) in [5.41, 5.74) is 0.